The maximum Gasteiger partial charge on any atom is 0.241 e. The number of hydrogen-bond acceptors (Lipinski definition) is 6. The molecular formula is C22H24FN5O3S. The van der Waals surface area contributed by atoms with Gasteiger partial charge in [-0.1, -0.05) is 0 Å². The molecule has 0 aliphatic carbocycles. The van der Waals surface area contributed by atoms with Crippen molar-refractivity contribution in [1.29, 1.82) is 5.26 Å². The lowest BCUT2D eigenvalue weighted by molar-refractivity contribution is -0.120. The van der Waals surface area contributed by atoms with Gasteiger partial charge in [-0.25, -0.2) is 17.9 Å². The largest absolute Gasteiger partial charge is 0.367 e. The van der Waals surface area contributed by atoms with Crippen molar-refractivity contribution in [3.63, 3.8) is 0 Å². The molecule has 8 nitrogen and oxygen atoms in total. The van der Waals surface area contributed by atoms with E-state index in [2.05, 4.69) is 0 Å². The number of piperazine rings is 1. The van der Waals surface area contributed by atoms with Crippen molar-refractivity contribution in [3.05, 3.63) is 53.3 Å². The Morgan fingerprint density at radius 2 is 1.84 bits per heavy atom. The summed E-state index contributed by atoms with van der Waals surface area (Å²) in [5, 5.41) is 14.1. The van der Waals surface area contributed by atoms with Crippen molar-refractivity contribution in [1.82, 2.24) is 4.90 Å². The van der Waals surface area contributed by atoms with E-state index in [4.69, 9.17) is 10.4 Å². The van der Waals surface area contributed by atoms with Crippen molar-refractivity contribution in [3.8, 4) is 6.07 Å². The Kier molecular flexibility index (Phi) is 5.90. The van der Waals surface area contributed by atoms with E-state index in [1.807, 2.05) is 22.8 Å². The van der Waals surface area contributed by atoms with Gasteiger partial charge in [0.15, 0.2) is 0 Å². The summed E-state index contributed by atoms with van der Waals surface area (Å²) in [5.74, 6) is -0.479. The van der Waals surface area contributed by atoms with Gasteiger partial charge in [0.2, 0.25) is 15.9 Å². The number of fused-ring (bicyclic) bond motifs is 1. The monoisotopic (exact) mass is 457 g/mol. The number of primary sulfonamides is 1. The Labute approximate surface area is 186 Å². The summed E-state index contributed by atoms with van der Waals surface area (Å²) in [6, 6.07) is 10.9. The zero-order chi connectivity index (χ0) is 23.0. The van der Waals surface area contributed by atoms with Crippen LogP contribution in [0.25, 0.3) is 0 Å². The first kappa shape index (κ1) is 22.2. The molecule has 2 aromatic rings. The molecule has 168 valence electrons. The van der Waals surface area contributed by atoms with Crippen molar-refractivity contribution < 1.29 is 17.6 Å². The fraction of sp³-hybridized carbons (Fsp3) is 0.364. The van der Waals surface area contributed by atoms with Crippen molar-refractivity contribution in [2.75, 3.05) is 42.5 Å². The van der Waals surface area contributed by atoms with E-state index in [1.165, 1.54) is 12.1 Å². The highest BCUT2D eigenvalue weighted by Gasteiger charge is 2.33. The van der Waals surface area contributed by atoms with Crippen LogP contribution in [0.1, 0.15) is 18.1 Å². The lowest BCUT2D eigenvalue weighted by atomic mass is 10.1. The van der Waals surface area contributed by atoms with Gasteiger partial charge < -0.3 is 9.80 Å². The van der Waals surface area contributed by atoms with Crippen molar-refractivity contribution >= 4 is 27.3 Å². The number of nitrogens with two attached hydrogens (primary N) is 1. The van der Waals surface area contributed by atoms with E-state index in [1.54, 1.807) is 29.2 Å². The van der Waals surface area contributed by atoms with Gasteiger partial charge in [-0.2, -0.15) is 5.26 Å². The Balaban J connectivity index is 1.40. The third-order valence-corrected chi connectivity index (χ3v) is 6.92. The number of anilines is 2. The second-order valence-electron chi connectivity index (χ2n) is 8.19. The quantitative estimate of drug-likeness (QED) is 0.744. The van der Waals surface area contributed by atoms with Gasteiger partial charge in [0, 0.05) is 37.9 Å². The van der Waals surface area contributed by atoms with Crippen LogP contribution >= 0.6 is 0 Å². The highest BCUT2D eigenvalue weighted by Crippen LogP contribution is 2.34. The maximum atomic E-state index is 14.3. The minimum atomic E-state index is -3.80. The number of carbonyl (C=O) groups is 1. The number of carbonyl (C=O) groups excluding carboxylic acids is 1. The molecule has 2 N–H and O–H groups in total. The normalized spacial score (nSPS) is 19.0. The molecule has 1 atom stereocenters. The van der Waals surface area contributed by atoms with Crippen LogP contribution in [0.2, 0.25) is 0 Å². The van der Waals surface area contributed by atoms with Gasteiger partial charge in [-0.05, 0) is 55.3 Å². The molecule has 0 aromatic heterocycles. The number of sulfonamides is 1. The lowest BCUT2D eigenvalue weighted by Crippen LogP contribution is -2.51. The Morgan fingerprint density at radius 1 is 1.16 bits per heavy atom. The fourth-order valence-corrected chi connectivity index (χ4v) is 4.98. The highest BCUT2D eigenvalue weighted by molar-refractivity contribution is 7.89. The minimum absolute atomic E-state index is 0.0453. The SMILES string of the molecule is CC1Cc2cc(S(N)(=O)=O)ccc2N1C(=O)CN1CCN(c2ccc(C#N)cc2F)CC1. The van der Waals surface area contributed by atoms with E-state index < -0.39 is 15.8 Å². The summed E-state index contributed by atoms with van der Waals surface area (Å²) >= 11 is 0. The average Bonchev–Trinajstić information content (AvgIpc) is 3.08. The van der Waals surface area contributed by atoms with Crippen LogP contribution in [0, 0.1) is 17.1 Å². The third-order valence-electron chi connectivity index (χ3n) is 6.01. The number of nitrogens with zero attached hydrogens (tertiary/aromatic N) is 4. The summed E-state index contributed by atoms with van der Waals surface area (Å²) < 4.78 is 37.6. The van der Waals surface area contributed by atoms with Crippen LogP contribution in [-0.2, 0) is 21.2 Å². The maximum absolute atomic E-state index is 14.3. The molecule has 0 radical (unpaired) electrons. The van der Waals surface area contributed by atoms with E-state index in [0.29, 0.717) is 44.0 Å². The molecule has 2 aliphatic heterocycles. The molecule has 1 fully saturated rings. The molecule has 1 saturated heterocycles. The zero-order valence-corrected chi connectivity index (χ0v) is 18.5. The predicted molar refractivity (Wildman–Crippen MR) is 118 cm³/mol. The minimum Gasteiger partial charge on any atom is -0.367 e. The van der Waals surface area contributed by atoms with Crippen LogP contribution in [-0.4, -0.2) is 58.0 Å². The topological polar surface area (TPSA) is 111 Å². The average molecular weight is 458 g/mol. The second kappa shape index (κ2) is 8.50. The van der Waals surface area contributed by atoms with E-state index in [-0.39, 0.29) is 29.0 Å². The molecule has 2 aromatic carbocycles. The summed E-state index contributed by atoms with van der Waals surface area (Å²) in [6.45, 7) is 4.50. The first-order valence-corrected chi connectivity index (χ1v) is 11.9. The summed E-state index contributed by atoms with van der Waals surface area (Å²) in [6.07, 6.45) is 0.566. The van der Waals surface area contributed by atoms with Crippen LogP contribution < -0.4 is 14.9 Å². The lowest BCUT2D eigenvalue weighted by Gasteiger charge is -2.36. The molecular weight excluding hydrogens is 433 g/mol. The number of nitriles is 1. The fourth-order valence-electron chi connectivity index (χ4n) is 4.41. The molecule has 2 aliphatic rings. The molecule has 4 rings (SSSR count). The Morgan fingerprint density at radius 3 is 2.47 bits per heavy atom. The molecule has 10 heteroatoms. The molecule has 1 amide bonds. The van der Waals surface area contributed by atoms with E-state index >= 15 is 0 Å². The van der Waals surface area contributed by atoms with E-state index in [0.717, 1.165) is 5.56 Å². The molecule has 0 spiro atoms. The van der Waals surface area contributed by atoms with Crippen molar-refractivity contribution in [2.24, 2.45) is 5.14 Å². The van der Waals surface area contributed by atoms with Crippen LogP contribution in [0.15, 0.2) is 41.3 Å². The number of halogens is 1. The van der Waals surface area contributed by atoms with Gasteiger partial charge in [0.1, 0.15) is 5.82 Å². The van der Waals surface area contributed by atoms with Gasteiger partial charge in [0.05, 0.1) is 28.8 Å². The summed E-state index contributed by atoms with van der Waals surface area (Å²) in [4.78, 5) is 18.8. The number of amides is 1. The number of benzene rings is 2. The number of hydrogen-bond donors (Lipinski definition) is 1. The molecule has 0 bridgehead atoms. The van der Waals surface area contributed by atoms with Gasteiger partial charge in [-0.15, -0.1) is 0 Å². The summed E-state index contributed by atoms with van der Waals surface area (Å²) in [7, 11) is -3.80. The zero-order valence-electron chi connectivity index (χ0n) is 17.7. The van der Waals surface area contributed by atoms with Gasteiger partial charge in [0.25, 0.3) is 0 Å². The van der Waals surface area contributed by atoms with E-state index in [9.17, 15) is 17.6 Å². The molecule has 0 saturated carbocycles. The molecule has 2 heterocycles. The number of rotatable bonds is 4. The van der Waals surface area contributed by atoms with Gasteiger partial charge in [-0.3, -0.25) is 9.69 Å². The first-order valence-electron chi connectivity index (χ1n) is 10.3. The van der Waals surface area contributed by atoms with Crippen LogP contribution in [0.4, 0.5) is 15.8 Å². The Bertz CT molecular complexity index is 1200. The van der Waals surface area contributed by atoms with Crippen LogP contribution in [0.5, 0.6) is 0 Å². The molecule has 32 heavy (non-hydrogen) atoms. The summed E-state index contributed by atoms with van der Waals surface area (Å²) in [5.41, 5.74) is 2.25. The van der Waals surface area contributed by atoms with Crippen LogP contribution in [0.3, 0.4) is 0 Å². The Hall–Kier alpha value is -3.00. The van der Waals surface area contributed by atoms with Gasteiger partial charge >= 0.3 is 0 Å². The highest BCUT2D eigenvalue weighted by atomic mass is 32.2. The first-order chi connectivity index (χ1) is 15.2. The smallest absolute Gasteiger partial charge is 0.241 e. The second-order valence-corrected chi connectivity index (χ2v) is 9.76. The van der Waals surface area contributed by atoms with Crippen molar-refractivity contribution in [2.45, 2.75) is 24.3 Å². The third kappa shape index (κ3) is 4.32. The standard InChI is InChI=1S/C22H24FN5O3S/c1-15-10-17-12-18(32(25,30)31)3-5-20(17)28(15)22(29)14-26-6-8-27(9-7-26)21-4-2-16(13-24)11-19(21)23/h2-5,11-12,15H,6-10,14H2,1H3,(H2,25,30,31). The molecule has 1 unspecified atom stereocenters. The predicted octanol–water partition coefficient (Wildman–Crippen LogP) is 1.44.